The van der Waals surface area contributed by atoms with Crippen LogP contribution in [0.25, 0.3) is 0 Å². The number of nitrogens with zero attached hydrogens (tertiary/aromatic N) is 1. The molecule has 12 heteroatoms. The maximum atomic E-state index is 13.8. The van der Waals surface area contributed by atoms with Gasteiger partial charge in [0.25, 0.3) is 0 Å². The highest BCUT2D eigenvalue weighted by atomic mass is 19.4. The average Bonchev–Trinajstić information content (AvgIpc) is 3.26. The van der Waals surface area contributed by atoms with Gasteiger partial charge in [-0.15, -0.1) is 0 Å². The van der Waals surface area contributed by atoms with E-state index in [2.05, 4.69) is 31.1 Å². The molecule has 0 unspecified atom stereocenters. The predicted octanol–water partition coefficient (Wildman–Crippen LogP) is 2.70. The van der Waals surface area contributed by atoms with Crippen LogP contribution in [0.5, 0.6) is 0 Å². The van der Waals surface area contributed by atoms with Gasteiger partial charge in [0, 0.05) is 19.0 Å². The molecule has 3 amide bonds. The molecule has 0 radical (unpaired) electrons. The largest absolute Gasteiger partial charge is 0.471 e. The number of ether oxygens (including phenoxy) is 1. The van der Waals surface area contributed by atoms with E-state index in [0.29, 0.717) is 38.8 Å². The number of alkyl halides is 3. The van der Waals surface area contributed by atoms with E-state index in [1.165, 1.54) is 6.08 Å². The molecule has 9 nitrogen and oxygen atoms in total. The summed E-state index contributed by atoms with van der Waals surface area (Å²) in [6.07, 6.45) is 1.73. The Morgan fingerprint density at radius 3 is 2.51 bits per heavy atom. The molecule has 4 aliphatic rings. The van der Waals surface area contributed by atoms with E-state index >= 15 is 0 Å². The number of piperidine rings is 2. The van der Waals surface area contributed by atoms with Crippen molar-refractivity contribution in [2.75, 3.05) is 26.4 Å². The highest BCUT2D eigenvalue weighted by molar-refractivity contribution is 5.94. The number of nitrogens with one attached hydrogen (secondary N) is 3. The smallest absolute Gasteiger partial charge is 0.364 e. The van der Waals surface area contributed by atoms with Gasteiger partial charge in [0.05, 0.1) is 25.4 Å². The zero-order valence-corrected chi connectivity index (χ0v) is 23.9. The number of hydrogen-bond acceptors (Lipinski definition) is 6. The quantitative estimate of drug-likeness (QED) is 0.185. The summed E-state index contributed by atoms with van der Waals surface area (Å²) < 4.78 is 45.4. The van der Waals surface area contributed by atoms with Gasteiger partial charge in [-0.1, -0.05) is 39.7 Å². The molecule has 0 bridgehead atoms. The Hall–Kier alpha value is -2.47. The van der Waals surface area contributed by atoms with Gasteiger partial charge in [-0.3, -0.25) is 24.5 Å². The molecule has 41 heavy (non-hydrogen) atoms. The van der Waals surface area contributed by atoms with Gasteiger partial charge in [-0.2, -0.15) is 13.2 Å². The normalized spacial score (nSPS) is 29.2. The van der Waals surface area contributed by atoms with Crippen LogP contribution in [0.2, 0.25) is 0 Å². The summed E-state index contributed by atoms with van der Waals surface area (Å²) in [5, 5.41) is 7.92. The fourth-order valence-corrected chi connectivity index (χ4v) is 7.26. The van der Waals surface area contributed by atoms with Crippen LogP contribution in [0, 0.1) is 29.1 Å². The Kier molecular flexibility index (Phi) is 9.83. The maximum Gasteiger partial charge on any atom is 0.471 e. The van der Waals surface area contributed by atoms with Gasteiger partial charge >= 0.3 is 12.1 Å². The molecule has 230 valence electrons. The first kappa shape index (κ1) is 31.5. The molecular weight excluding hydrogens is 541 g/mol. The lowest BCUT2D eigenvalue weighted by Crippen LogP contribution is -2.57. The van der Waals surface area contributed by atoms with E-state index in [-0.39, 0.29) is 60.2 Å². The van der Waals surface area contributed by atoms with Crippen LogP contribution >= 0.6 is 0 Å². The average molecular weight is 585 g/mol. The molecular formula is C29H43F3N4O5. The predicted molar refractivity (Wildman–Crippen MR) is 144 cm³/mol. The molecule has 3 N–H and O–H groups in total. The molecule has 2 saturated carbocycles. The lowest BCUT2D eigenvalue weighted by molar-refractivity contribution is -0.176. The number of carbonyl (C=O) groups is 4. The number of halogens is 3. The Bertz CT molecular complexity index is 1010. The Morgan fingerprint density at radius 2 is 1.88 bits per heavy atom. The molecule has 4 fully saturated rings. The SMILES string of the molecule is C=CC(=O)[C@H](C[C@@H]1CCCNC1=O)NCOC[C@@H]1[C@@H]2[C@H](CN1C(=O)[C@@H](NC(=O)C(F)(F)F)C1CCCCC1)C2(C)C. The summed E-state index contributed by atoms with van der Waals surface area (Å²) in [6.45, 7) is 8.92. The number of likely N-dealkylation sites (tertiary alicyclic amines) is 1. The van der Waals surface area contributed by atoms with E-state index in [4.69, 9.17) is 4.74 Å². The van der Waals surface area contributed by atoms with Crippen molar-refractivity contribution < 1.29 is 37.1 Å². The molecule has 2 heterocycles. The first-order chi connectivity index (χ1) is 19.4. The van der Waals surface area contributed by atoms with Crippen LogP contribution in [-0.2, 0) is 23.9 Å². The summed E-state index contributed by atoms with van der Waals surface area (Å²) in [5.41, 5.74) is -0.0382. The molecule has 0 aromatic carbocycles. The lowest BCUT2D eigenvalue weighted by atomic mass is 9.83. The summed E-state index contributed by atoms with van der Waals surface area (Å²) >= 11 is 0. The van der Waals surface area contributed by atoms with E-state index in [0.717, 1.165) is 25.7 Å². The number of hydrogen-bond donors (Lipinski definition) is 3. The summed E-state index contributed by atoms with van der Waals surface area (Å²) in [4.78, 5) is 52.0. The Balaban J connectivity index is 1.40. The third kappa shape index (κ3) is 7.13. The van der Waals surface area contributed by atoms with Gasteiger partial charge in [0.2, 0.25) is 11.8 Å². The Morgan fingerprint density at radius 1 is 1.17 bits per heavy atom. The molecule has 6 atom stereocenters. The van der Waals surface area contributed by atoms with Crippen molar-refractivity contribution in [1.29, 1.82) is 0 Å². The summed E-state index contributed by atoms with van der Waals surface area (Å²) in [6, 6.07) is -2.25. The van der Waals surface area contributed by atoms with E-state index in [1.807, 2.05) is 5.32 Å². The van der Waals surface area contributed by atoms with E-state index in [9.17, 15) is 32.3 Å². The number of carbonyl (C=O) groups excluding carboxylic acids is 4. The van der Waals surface area contributed by atoms with Gasteiger partial charge in [-0.05, 0) is 61.3 Å². The van der Waals surface area contributed by atoms with Crippen molar-refractivity contribution in [2.45, 2.75) is 89.5 Å². The molecule has 0 aromatic rings. The first-order valence-electron chi connectivity index (χ1n) is 14.8. The number of ketones is 1. The second-order valence-electron chi connectivity index (χ2n) is 12.6. The molecule has 2 aliphatic heterocycles. The van der Waals surface area contributed by atoms with Gasteiger partial charge in [0.1, 0.15) is 6.04 Å². The van der Waals surface area contributed by atoms with Crippen LogP contribution < -0.4 is 16.0 Å². The third-order valence-corrected chi connectivity index (χ3v) is 9.75. The minimum atomic E-state index is -5.08. The fraction of sp³-hybridized carbons (Fsp3) is 0.793. The fourth-order valence-electron chi connectivity index (χ4n) is 7.26. The lowest BCUT2D eigenvalue weighted by Gasteiger charge is -2.37. The number of amides is 3. The summed E-state index contributed by atoms with van der Waals surface area (Å²) in [7, 11) is 0. The van der Waals surface area contributed by atoms with Crippen molar-refractivity contribution in [3.8, 4) is 0 Å². The van der Waals surface area contributed by atoms with E-state index < -0.39 is 30.1 Å². The molecule has 2 saturated heterocycles. The second kappa shape index (κ2) is 12.8. The second-order valence-corrected chi connectivity index (χ2v) is 12.6. The first-order valence-corrected chi connectivity index (χ1v) is 14.8. The molecule has 2 aliphatic carbocycles. The van der Waals surface area contributed by atoms with Gasteiger partial charge in [0.15, 0.2) is 5.78 Å². The van der Waals surface area contributed by atoms with Gasteiger partial charge in [-0.25, -0.2) is 0 Å². The highest BCUT2D eigenvalue weighted by Gasteiger charge is 2.67. The van der Waals surface area contributed by atoms with Crippen LogP contribution in [-0.4, -0.2) is 79.1 Å². The van der Waals surface area contributed by atoms with Crippen LogP contribution in [0.4, 0.5) is 13.2 Å². The third-order valence-electron chi connectivity index (χ3n) is 9.75. The van der Waals surface area contributed by atoms with Crippen molar-refractivity contribution in [3.63, 3.8) is 0 Å². The van der Waals surface area contributed by atoms with Gasteiger partial charge < -0.3 is 20.3 Å². The zero-order chi connectivity index (χ0) is 29.9. The van der Waals surface area contributed by atoms with Crippen LogP contribution in [0.15, 0.2) is 12.7 Å². The van der Waals surface area contributed by atoms with Crippen LogP contribution in [0.3, 0.4) is 0 Å². The maximum absolute atomic E-state index is 13.8. The summed E-state index contributed by atoms with van der Waals surface area (Å²) in [5.74, 6) is -3.22. The number of fused-ring (bicyclic) bond motifs is 1. The van der Waals surface area contributed by atoms with E-state index in [1.54, 1.807) is 4.90 Å². The topological polar surface area (TPSA) is 117 Å². The molecule has 4 rings (SSSR count). The molecule has 0 spiro atoms. The van der Waals surface area contributed by atoms with Crippen molar-refractivity contribution in [1.82, 2.24) is 20.9 Å². The van der Waals surface area contributed by atoms with Crippen molar-refractivity contribution >= 4 is 23.5 Å². The van der Waals surface area contributed by atoms with Crippen molar-refractivity contribution in [3.05, 3.63) is 12.7 Å². The highest BCUT2D eigenvalue weighted by Crippen LogP contribution is 2.65. The van der Waals surface area contributed by atoms with Crippen molar-refractivity contribution in [2.24, 2.45) is 29.1 Å². The zero-order valence-electron chi connectivity index (χ0n) is 23.9. The minimum absolute atomic E-state index is 0.00814. The van der Waals surface area contributed by atoms with Crippen LogP contribution in [0.1, 0.15) is 65.2 Å². The molecule has 0 aromatic heterocycles. The standard InChI is InChI=1S/C29H43F3N4O5/c1-4-22(37)20(13-18-11-8-12-33-25(18)38)34-16-41-15-21-23-19(28(23,2)3)14-36(21)26(39)24(17-9-6-5-7-10-17)35-27(40)29(30,31)32/h4,17-21,23-24,34H,1,5-16H2,2-3H3,(H,33,38)(H,35,40)/t18-,19-,20-,21+,23-,24-/m0/s1. The monoisotopic (exact) mass is 584 g/mol. The minimum Gasteiger partial charge on any atom is -0.364 e. The Labute approximate surface area is 239 Å². The number of rotatable bonds is 12.